The Bertz CT molecular complexity index is 273. The molecule has 1 N–H and O–H groups in total. The molecule has 1 aromatic rings. The van der Waals surface area contributed by atoms with Crippen molar-refractivity contribution in [3.63, 3.8) is 0 Å². The van der Waals surface area contributed by atoms with Crippen molar-refractivity contribution >= 4 is 0 Å². The first-order valence-electron chi connectivity index (χ1n) is 4.61. The van der Waals surface area contributed by atoms with E-state index in [2.05, 4.69) is 29.1 Å². The number of hydrogen-bond donors (Lipinski definition) is 1. The van der Waals surface area contributed by atoms with Crippen LogP contribution in [0.1, 0.15) is 31.2 Å². The molecule has 0 aliphatic rings. The van der Waals surface area contributed by atoms with E-state index in [4.69, 9.17) is 0 Å². The lowest BCUT2D eigenvalue weighted by Crippen LogP contribution is -2.28. The van der Waals surface area contributed by atoms with Crippen LogP contribution in [-0.2, 0) is 0 Å². The van der Waals surface area contributed by atoms with E-state index < -0.39 is 0 Å². The Morgan fingerprint density at radius 2 is 1.85 bits per heavy atom. The fourth-order valence-corrected chi connectivity index (χ4v) is 1.35. The SMILES string of the molecule is CNC(C)C(C)c1nccnc1C. The molecule has 3 nitrogen and oxygen atoms in total. The zero-order valence-corrected chi connectivity index (χ0v) is 8.70. The van der Waals surface area contributed by atoms with Crippen LogP contribution in [0.2, 0.25) is 0 Å². The minimum atomic E-state index is 0.402. The first-order valence-corrected chi connectivity index (χ1v) is 4.61. The zero-order chi connectivity index (χ0) is 9.84. The Morgan fingerprint density at radius 3 is 2.38 bits per heavy atom. The van der Waals surface area contributed by atoms with E-state index in [9.17, 15) is 0 Å². The topological polar surface area (TPSA) is 37.8 Å². The highest BCUT2D eigenvalue weighted by molar-refractivity contribution is 5.14. The highest BCUT2D eigenvalue weighted by Gasteiger charge is 2.15. The lowest BCUT2D eigenvalue weighted by atomic mass is 9.98. The van der Waals surface area contributed by atoms with Gasteiger partial charge in [-0.25, -0.2) is 0 Å². The summed E-state index contributed by atoms with van der Waals surface area (Å²) in [6.45, 7) is 6.32. The number of rotatable bonds is 3. The van der Waals surface area contributed by atoms with Crippen LogP contribution in [0.4, 0.5) is 0 Å². The predicted octanol–water partition coefficient (Wildman–Crippen LogP) is 1.50. The van der Waals surface area contributed by atoms with Gasteiger partial charge >= 0.3 is 0 Å². The molecule has 0 amide bonds. The van der Waals surface area contributed by atoms with Gasteiger partial charge in [-0.05, 0) is 20.9 Å². The third kappa shape index (κ3) is 2.25. The van der Waals surface area contributed by atoms with Crippen LogP contribution >= 0.6 is 0 Å². The van der Waals surface area contributed by atoms with Gasteiger partial charge in [0.15, 0.2) is 0 Å². The molecule has 0 fully saturated rings. The van der Waals surface area contributed by atoms with Gasteiger partial charge in [0.25, 0.3) is 0 Å². The lowest BCUT2D eigenvalue weighted by molar-refractivity contribution is 0.511. The van der Waals surface area contributed by atoms with Crippen LogP contribution in [0.5, 0.6) is 0 Å². The second-order valence-electron chi connectivity index (χ2n) is 3.39. The molecule has 0 saturated carbocycles. The van der Waals surface area contributed by atoms with Gasteiger partial charge in [-0.15, -0.1) is 0 Å². The molecule has 3 heteroatoms. The first-order chi connectivity index (χ1) is 6.16. The van der Waals surface area contributed by atoms with Gasteiger partial charge in [0, 0.05) is 24.4 Å². The fraction of sp³-hybridized carbons (Fsp3) is 0.600. The van der Waals surface area contributed by atoms with Crippen molar-refractivity contribution in [1.82, 2.24) is 15.3 Å². The molecule has 0 spiro atoms. The highest BCUT2D eigenvalue weighted by Crippen LogP contribution is 2.18. The Kier molecular flexibility index (Phi) is 3.37. The molecule has 1 heterocycles. The first kappa shape index (κ1) is 10.1. The third-order valence-corrected chi connectivity index (χ3v) is 2.56. The van der Waals surface area contributed by atoms with Crippen molar-refractivity contribution in [3.8, 4) is 0 Å². The summed E-state index contributed by atoms with van der Waals surface area (Å²) in [7, 11) is 1.97. The average Bonchev–Trinajstić information content (AvgIpc) is 2.16. The summed E-state index contributed by atoms with van der Waals surface area (Å²) in [5, 5.41) is 3.22. The van der Waals surface area contributed by atoms with Gasteiger partial charge in [-0.3, -0.25) is 9.97 Å². The third-order valence-electron chi connectivity index (χ3n) is 2.56. The maximum absolute atomic E-state index is 4.34. The van der Waals surface area contributed by atoms with E-state index in [0.29, 0.717) is 12.0 Å². The Labute approximate surface area is 79.6 Å². The average molecular weight is 179 g/mol. The quantitative estimate of drug-likeness (QED) is 0.764. The smallest absolute Gasteiger partial charge is 0.0659 e. The molecule has 72 valence electrons. The molecule has 0 aromatic carbocycles. The van der Waals surface area contributed by atoms with Crippen LogP contribution in [0, 0.1) is 6.92 Å². The van der Waals surface area contributed by atoms with Crippen molar-refractivity contribution in [3.05, 3.63) is 23.8 Å². The minimum Gasteiger partial charge on any atom is -0.317 e. The normalized spacial score (nSPS) is 15.4. The molecule has 2 unspecified atom stereocenters. The monoisotopic (exact) mass is 179 g/mol. The van der Waals surface area contributed by atoms with Gasteiger partial charge in [-0.2, -0.15) is 0 Å². The van der Waals surface area contributed by atoms with Crippen LogP contribution in [-0.4, -0.2) is 23.1 Å². The predicted molar refractivity (Wildman–Crippen MR) is 53.7 cm³/mol. The highest BCUT2D eigenvalue weighted by atomic mass is 14.9. The number of aryl methyl sites for hydroxylation is 1. The zero-order valence-electron chi connectivity index (χ0n) is 8.70. The standard InChI is InChI=1S/C10H17N3/c1-7(8(2)11-4)10-9(3)12-5-6-13-10/h5-8,11H,1-4H3. The second-order valence-corrected chi connectivity index (χ2v) is 3.39. The number of nitrogens with one attached hydrogen (secondary N) is 1. The number of aromatic nitrogens is 2. The summed E-state index contributed by atoms with van der Waals surface area (Å²) in [5.74, 6) is 0.402. The van der Waals surface area contributed by atoms with E-state index in [0.717, 1.165) is 11.4 Å². The summed E-state index contributed by atoms with van der Waals surface area (Å²) in [6, 6.07) is 0.426. The van der Waals surface area contributed by atoms with Gasteiger partial charge in [0.1, 0.15) is 0 Å². The fourth-order valence-electron chi connectivity index (χ4n) is 1.35. The molecule has 0 bridgehead atoms. The van der Waals surface area contributed by atoms with E-state index >= 15 is 0 Å². The Balaban J connectivity index is 2.88. The van der Waals surface area contributed by atoms with E-state index in [1.165, 1.54) is 0 Å². The molecule has 0 aliphatic carbocycles. The van der Waals surface area contributed by atoms with Crippen LogP contribution in [0.3, 0.4) is 0 Å². The molecular formula is C10H17N3. The molecule has 1 aromatic heterocycles. The summed E-state index contributed by atoms with van der Waals surface area (Å²) in [4.78, 5) is 8.57. The number of hydrogen-bond acceptors (Lipinski definition) is 3. The largest absolute Gasteiger partial charge is 0.317 e. The summed E-state index contributed by atoms with van der Waals surface area (Å²) in [5.41, 5.74) is 2.11. The summed E-state index contributed by atoms with van der Waals surface area (Å²) in [6.07, 6.45) is 3.48. The summed E-state index contributed by atoms with van der Waals surface area (Å²) >= 11 is 0. The van der Waals surface area contributed by atoms with Crippen molar-refractivity contribution in [2.24, 2.45) is 0 Å². The van der Waals surface area contributed by atoms with Gasteiger partial charge in [-0.1, -0.05) is 6.92 Å². The van der Waals surface area contributed by atoms with Crippen molar-refractivity contribution in [1.29, 1.82) is 0 Å². The lowest BCUT2D eigenvalue weighted by Gasteiger charge is -2.19. The Hall–Kier alpha value is -0.960. The van der Waals surface area contributed by atoms with Gasteiger partial charge in [0.2, 0.25) is 0 Å². The molecule has 0 saturated heterocycles. The van der Waals surface area contributed by atoms with Crippen LogP contribution < -0.4 is 5.32 Å². The van der Waals surface area contributed by atoms with E-state index in [1.807, 2.05) is 14.0 Å². The maximum Gasteiger partial charge on any atom is 0.0659 e. The minimum absolute atomic E-state index is 0.402. The van der Waals surface area contributed by atoms with Crippen LogP contribution in [0.25, 0.3) is 0 Å². The number of likely N-dealkylation sites (N-methyl/N-ethyl adjacent to an activating group) is 1. The molecule has 1 rings (SSSR count). The van der Waals surface area contributed by atoms with E-state index in [1.54, 1.807) is 12.4 Å². The van der Waals surface area contributed by atoms with Crippen molar-refractivity contribution in [2.75, 3.05) is 7.05 Å². The molecule has 13 heavy (non-hydrogen) atoms. The summed E-state index contributed by atoms with van der Waals surface area (Å²) < 4.78 is 0. The van der Waals surface area contributed by atoms with Crippen molar-refractivity contribution in [2.45, 2.75) is 32.7 Å². The van der Waals surface area contributed by atoms with Crippen LogP contribution in [0.15, 0.2) is 12.4 Å². The van der Waals surface area contributed by atoms with Crippen molar-refractivity contribution < 1.29 is 0 Å². The molecular weight excluding hydrogens is 162 g/mol. The van der Waals surface area contributed by atoms with E-state index in [-0.39, 0.29) is 0 Å². The molecule has 2 atom stereocenters. The Morgan fingerprint density at radius 1 is 1.23 bits per heavy atom. The number of nitrogens with zero attached hydrogens (tertiary/aromatic N) is 2. The maximum atomic E-state index is 4.34. The second kappa shape index (κ2) is 4.33. The van der Waals surface area contributed by atoms with Gasteiger partial charge in [0.05, 0.1) is 11.4 Å². The molecule has 0 aliphatic heterocycles. The molecule has 0 radical (unpaired) electrons. The van der Waals surface area contributed by atoms with Gasteiger partial charge < -0.3 is 5.32 Å².